The van der Waals surface area contributed by atoms with E-state index >= 15 is 0 Å². The van der Waals surface area contributed by atoms with Crippen molar-refractivity contribution in [2.24, 2.45) is 17.6 Å². The van der Waals surface area contributed by atoms with Crippen LogP contribution in [0.25, 0.3) is 0 Å². The number of nitrogens with zero attached hydrogens (tertiary/aromatic N) is 1. The summed E-state index contributed by atoms with van der Waals surface area (Å²) >= 11 is 5.66. The summed E-state index contributed by atoms with van der Waals surface area (Å²) in [5.41, 5.74) is 7.67. The Morgan fingerprint density at radius 2 is 1.89 bits per heavy atom. The van der Waals surface area contributed by atoms with Crippen LogP contribution >= 0.6 is 12.2 Å². The van der Waals surface area contributed by atoms with Gasteiger partial charge in [0.1, 0.15) is 0 Å². The molecule has 0 spiro atoms. The first-order chi connectivity index (χ1) is 9.19. The molecule has 1 aliphatic carbocycles. The van der Waals surface area contributed by atoms with Crippen LogP contribution < -0.4 is 5.73 Å². The summed E-state index contributed by atoms with van der Waals surface area (Å²) in [5.74, 6) is 1.00. The number of hydrogen-bond acceptors (Lipinski definition) is 2. The van der Waals surface area contributed by atoms with E-state index in [9.17, 15) is 0 Å². The molecule has 1 aliphatic rings. The molecule has 3 heteroatoms. The van der Waals surface area contributed by atoms with E-state index in [1.165, 1.54) is 18.4 Å². The average molecular weight is 276 g/mol. The Kier molecular flexibility index (Phi) is 4.94. The van der Waals surface area contributed by atoms with Gasteiger partial charge in [0.15, 0.2) is 0 Å². The largest absolute Gasteiger partial charge is 0.366 e. The Hall–Kier alpha value is -0.930. The predicted octanol–water partition coefficient (Wildman–Crippen LogP) is 3.38. The van der Waals surface area contributed by atoms with Gasteiger partial charge in [0, 0.05) is 25.0 Å². The van der Waals surface area contributed by atoms with Crippen molar-refractivity contribution in [1.82, 2.24) is 4.90 Å². The van der Waals surface area contributed by atoms with Crippen LogP contribution in [-0.4, -0.2) is 23.0 Å². The number of thiocarbonyl (C=S) groups is 1. The molecule has 3 atom stereocenters. The molecule has 2 N–H and O–H groups in total. The van der Waals surface area contributed by atoms with Crippen LogP contribution in [0.3, 0.4) is 0 Å². The maximum atomic E-state index is 6.43. The van der Waals surface area contributed by atoms with Crippen LogP contribution in [0.15, 0.2) is 30.3 Å². The monoisotopic (exact) mass is 276 g/mol. The summed E-state index contributed by atoms with van der Waals surface area (Å²) in [5, 5.41) is 0. The quantitative estimate of drug-likeness (QED) is 0.836. The van der Waals surface area contributed by atoms with E-state index in [-0.39, 0.29) is 6.04 Å². The summed E-state index contributed by atoms with van der Waals surface area (Å²) in [4.78, 5) is 3.41. The van der Waals surface area contributed by atoms with Crippen LogP contribution in [0.2, 0.25) is 0 Å². The molecule has 0 bridgehead atoms. The molecule has 1 fully saturated rings. The Labute approximate surface area is 122 Å². The molecule has 1 unspecified atom stereocenters. The van der Waals surface area contributed by atoms with Gasteiger partial charge < -0.3 is 10.6 Å². The van der Waals surface area contributed by atoms with E-state index in [0.717, 1.165) is 18.1 Å². The van der Waals surface area contributed by atoms with Crippen molar-refractivity contribution < 1.29 is 0 Å². The number of nitrogens with two attached hydrogens (primary N) is 1. The second-order valence-corrected chi connectivity index (χ2v) is 5.71. The normalized spacial score (nSPS) is 23.5. The molecule has 19 heavy (non-hydrogen) atoms. The third kappa shape index (κ3) is 2.98. The molecule has 0 aliphatic heterocycles. The zero-order valence-electron chi connectivity index (χ0n) is 11.9. The SMILES string of the molecule is CCN(CC)C(=S)[C@@H]1CC[C@@H]1C(N)c1ccccc1. The first-order valence-corrected chi connectivity index (χ1v) is 7.69. The van der Waals surface area contributed by atoms with Crippen molar-refractivity contribution in [2.75, 3.05) is 13.1 Å². The van der Waals surface area contributed by atoms with Gasteiger partial charge >= 0.3 is 0 Å². The third-order valence-corrected chi connectivity index (χ3v) is 4.93. The Balaban J connectivity index is 2.04. The van der Waals surface area contributed by atoms with E-state index in [2.05, 4.69) is 43.0 Å². The molecule has 1 aromatic carbocycles. The molecular weight excluding hydrogens is 252 g/mol. The predicted molar refractivity (Wildman–Crippen MR) is 85.1 cm³/mol. The van der Waals surface area contributed by atoms with Gasteiger partial charge in [-0.1, -0.05) is 42.5 Å². The number of hydrogen-bond donors (Lipinski definition) is 1. The lowest BCUT2D eigenvalue weighted by Crippen LogP contribution is -2.45. The van der Waals surface area contributed by atoms with Crippen LogP contribution in [0.5, 0.6) is 0 Å². The van der Waals surface area contributed by atoms with Crippen LogP contribution in [-0.2, 0) is 0 Å². The Morgan fingerprint density at radius 3 is 2.37 bits per heavy atom. The fourth-order valence-corrected chi connectivity index (χ4v) is 3.51. The van der Waals surface area contributed by atoms with Crippen molar-refractivity contribution in [3.8, 4) is 0 Å². The maximum Gasteiger partial charge on any atom is 0.0813 e. The summed E-state index contributed by atoms with van der Waals surface area (Å²) in [6, 6.07) is 10.5. The number of rotatable bonds is 5. The fraction of sp³-hybridized carbons (Fsp3) is 0.562. The van der Waals surface area contributed by atoms with Crippen LogP contribution in [0.1, 0.15) is 38.3 Å². The first kappa shape index (κ1) is 14.5. The topological polar surface area (TPSA) is 29.3 Å². The molecular formula is C16H24N2S. The van der Waals surface area contributed by atoms with Crippen molar-refractivity contribution in [1.29, 1.82) is 0 Å². The lowest BCUT2D eigenvalue weighted by Gasteiger charge is -2.43. The molecule has 2 rings (SSSR count). The van der Waals surface area contributed by atoms with Crippen molar-refractivity contribution >= 4 is 17.2 Å². The van der Waals surface area contributed by atoms with Gasteiger partial charge in [-0.2, -0.15) is 0 Å². The molecule has 0 saturated heterocycles. The Bertz CT molecular complexity index is 414. The Morgan fingerprint density at radius 1 is 1.26 bits per heavy atom. The standard InChI is InChI=1S/C16H24N2S/c1-3-18(4-2)16(19)14-11-10-13(14)15(17)12-8-6-5-7-9-12/h5-9,13-15H,3-4,10-11,17H2,1-2H3/t13-,14+,15?/m0/s1. The summed E-state index contributed by atoms with van der Waals surface area (Å²) in [6.07, 6.45) is 2.39. The van der Waals surface area contributed by atoms with Gasteiger partial charge in [0.25, 0.3) is 0 Å². The maximum absolute atomic E-state index is 6.43. The van der Waals surface area contributed by atoms with Gasteiger partial charge in [0.2, 0.25) is 0 Å². The second kappa shape index (κ2) is 6.49. The first-order valence-electron chi connectivity index (χ1n) is 7.28. The zero-order chi connectivity index (χ0) is 13.8. The molecule has 0 amide bonds. The highest BCUT2D eigenvalue weighted by Crippen LogP contribution is 2.43. The molecule has 1 aromatic rings. The van der Waals surface area contributed by atoms with E-state index in [1.807, 2.05) is 6.07 Å². The highest BCUT2D eigenvalue weighted by Gasteiger charge is 2.39. The minimum absolute atomic E-state index is 0.119. The van der Waals surface area contributed by atoms with E-state index in [1.54, 1.807) is 0 Å². The lowest BCUT2D eigenvalue weighted by atomic mass is 9.68. The van der Waals surface area contributed by atoms with Crippen molar-refractivity contribution in [3.63, 3.8) is 0 Å². The smallest absolute Gasteiger partial charge is 0.0813 e. The van der Waals surface area contributed by atoms with Gasteiger partial charge in [0.05, 0.1) is 4.99 Å². The third-order valence-electron chi connectivity index (χ3n) is 4.37. The summed E-state index contributed by atoms with van der Waals surface area (Å²) < 4.78 is 0. The molecule has 1 saturated carbocycles. The molecule has 2 nitrogen and oxygen atoms in total. The summed E-state index contributed by atoms with van der Waals surface area (Å²) in [6.45, 7) is 6.33. The van der Waals surface area contributed by atoms with Gasteiger partial charge in [-0.05, 0) is 38.2 Å². The van der Waals surface area contributed by atoms with Gasteiger partial charge in [-0.3, -0.25) is 0 Å². The van der Waals surface area contributed by atoms with E-state index < -0.39 is 0 Å². The van der Waals surface area contributed by atoms with Gasteiger partial charge in [-0.25, -0.2) is 0 Å². The molecule has 0 radical (unpaired) electrons. The second-order valence-electron chi connectivity index (χ2n) is 5.29. The van der Waals surface area contributed by atoms with Crippen LogP contribution in [0, 0.1) is 11.8 Å². The van der Waals surface area contributed by atoms with Gasteiger partial charge in [-0.15, -0.1) is 0 Å². The highest BCUT2D eigenvalue weighted by molar-refractivity contribution is 7.80. The van der Waals surface area contributed by atoms with Crippen molar-refractivity contribution in [2.45, 2.75) is 32.7 Å². The minimum Gasteiger partial charge on any atom is -0.366 e. The number of benzene rings is 1. The molecule has 0 aromatic heterocycles. The minimum atomic E-state index is 0.119. The zero-order valence-corrected chi connectivity index (χ0v) is 12.7. The van der Waals surface area contributed by atoms with E-state index in [0.29, 0.717) is 11.8 Å². The average Bonchev–Trinajstić information content (AvgIpc) is 2.40. The fourth-order valence-electron chi connectivity index (χ4n) is 2.95. The van der Waals surface area contributed by atoms with Crippen molar-refractivity contribution in [3.05, 3.63) is 35.9 Å². The lowest BCUT2D eigenvalue weighted by molar-refractivity contribution is 0.191. The molecule has 104 valence electrons. The molecule has 0 heterocycles. The van der Waals surface area contributed by atoms with E-state index in [4.69, 9.17) is 18.0 Å². The highest BCUT2D eigenvalue weighted by atomic mass is 32.1. The van der Waals surface area contributed by atoms with Crippen LogP contribution in [0.4, 0.5) is 0 Å². The summed E-state index contributed by atoms with van der Waals surface area (Å²) in [7, 11) is 0.